The Hall–Kier alpha value is -2.83. The number of imidazole rings is 1. The lowest BCUT2D eigenvalue weighted by Crippen LogP contribution is -2.46. The van der Waals surface area contributed by atoms with E-state index in [2.05, 4.69) is 65.1 Å². The summed E-state index contributed by atoms with van der Waals surface area (Å²) < 4.78 is 3.76. The Labute approximate surface area is 189 Å². The first-order chi connectivity index (χ1) is 15.6. The number of nitrogens with one attached hydrogen (secondary N) is 2. The van der Waals surface area contributed by atoms with Crippen LogP contribution < -0.4 is 16.4 Å². The second-order valence-corrected chi connectivity index (χ2v) is 8.86. The molecule has 1 fully saturated rings. The lowest BCUT2D eigenvalue weighted by molar-refractivity contribution is 0.195. The molecule has 0 unspecified atom stereocenters. The second-order valence-electron chi connectivity index (χ2n) is 8.86. The van der Waals surface area contributed by atoms with Crippen LogP contribution in [-0.2, 0) is 13.1 Å². The SMILES string of the molecule is CCn1c(=O)n(CC)c2cc(C3=C(c4cccc(C)c4)N(C4CCNCC4)NC3)ccc21. The number of benzene rings is 2. The standard InChI is InChI=1S/C26H33N5O/c1-4-29-23-10-9-19(16-24(23)30(5-2)26(29)32)22-17-28-31(21-11-13-27-14-12-21)25(22)20-8-6-7-18(3)15-20/h6-10,15-16,21,27-28H,4-5,11-14,17H2,1-3H3. The molecule has 0 atom stereocenters. The molecule has 5 rings (SSSR count). The summed E-state index contributed by atoms with van der Waals surface area (Å²) in [5.74, 6) is 0. The number of aryl methyl sites for hydroxylation is 3. The molecule has 0 radical (unpaired) electrons. The van der Waals surface area contributed by atoms with Gasteiger partial charge in [0.15, 0.2) is 0 Å². The third kappa shape index (κ3) is 3.48. The molecule has 2 aromatic carbocycles. The van der Waals surface area contributed by atoms with E-state index < -0.39 is 0 Å². The topological polar surface area (TPSA) is 54.2 Å². The normalized spacial score (nSPS) is 17.7. The van der Waals surface area contributed by atoms with E-state index in [1.165, 1.54) is 28.0 Å². The van der Waals surface area contributed by atoms with Crippen LogP contribution in [0.25, 0.3) is 22.3 Å². The Balaban J connectivity index is 1.68. The van der Waals surface area contributed by atoms with Crippen molar-refractivity contribution < 1.29 is 0 Å². The highest BCUT2D eigenvalue weighted by molar-refractivity contribution is 5.95. The van der Waals surface area contributed by atoms with Gasteiger partial charge in [-0.3, -0.25) is 9.13 Å². The Morgan fingerprint density at radius 3 is 2.41 bits per heavy atom. The molecule has 1 aromatic heterocycles. The molecular weight excluding hydrogens is 398 g/mol. The molecule has 3 aromatic rings. The number of hydrogen-bond acceptors (Lipinski definition) is 4. The van der Waals surface area contributed by atoms with E-state index in [4.69, 9.17) is 0 Å². The van der Waals surface area contributed by atoms with Gasteiger partial charge in [0, 0.05) is 31.2 Å². The monoisotopic (exact) mass is 431 g/mol. The quantitative estimate of drug-likeness (QED) is 0.648. The number of nitrogens with zero attached hydrogens (tertiary/aromatic N) is 3. The van der Waals surface area contributed by atoms with Gasteiger partial charge in [-0.15, -0.1) is 0 Å². The molecule has 168 valence electrons. The predicted molar refractivity (Wildman–Crippen MR) is 131 cm³/mol. The van der Waals surface area contributed by atoms with Crippen LogP contribution in [0.1, 0.15) is 43.4 Å². The summed E-state index contributed by atoms with van der Waals surface area (Å²) in [6.07, 6.45) is 2.26. The van der Waals surface area contributed by atoms with Crippen LogP contribution in [-0.4, -0.2) is 39.8 Å². The zero-order chi connectivity index (χ0) is 22.2. The van der Waals surface area contributed by atoms with Gasteiger partial charge < -0.3 is 10.3 Å². The molecule has 1 saturated heterocycles. The van der Waals surface area contributed by atoms with Gasteiger partial charge in [-0.05, 0) is 76.0 Å². The molecule has 0 spiro atoms. The van der Waals surface area contributed by atoms with Gasteiger partial charge in [-0.1, -0.05) is 29.8 Å². The van der Waals surface area contributed by atoms with Crippen LogP contribution in [0.15, 0.2) is 47.3 Å². The first kappa shape index (κ1) is 21.0. The molecule has 2 aliphatic rings. The highest BCUT2D eigenvalue weighted by Gasteiger charge is 2.31. The van der Waals surface area contributed by atoms with Gasteiger partial charge in [0.1, 0.15) is 0 Å². The summed E-state index contributed by atoms with van der Waals surface area (Å²) in [5.41, 5.74) is 12.1. The highest BCUT2D eigenvalue weighted by Crippen LogP contribution is 2.36. The van der Waals surface area contributed by atoms with E-state index in [9.17, 15) is 4.79 Å². The zero-order valence-electron chi connectivity index (χ0n) is 19.3. The fraction of sp³-hybridized carbons (Fsp3) is 0.423. The van der Waals surface area contributed by atoms with E-state index in [-0.39, 0.29) is 5.69 Å². The lowest BCUT2D eigenvalue weighted by Gasteiger charge is -2.35. The average molecular weight is 432 g/mol. The molecule has 6 nitrogen and oxygen atoms in total. The Morgan fingerprint density at radius 1 is 0.938 bits per heavy atom. The largest absolute Gasteiger partial charge is 0.329 e. The maximum absolute atomic E-state index is 12.9. The number of hydrazine groups is 1. The predicted octanol–water partition coefficient (Wildman–Crippen LogP) is 3.59. The Kier molecular flexibility index (Phi) is 5.66. The number of rotatable bonds is 5. The van der Waals surface area contributed by atoms with Gasteiger partial charge in [0.25, 0.3) is 0 Å². The molecule has 0 saturated carbocycles. The molecule has 2 N–H and O–H groups in total. The molecular formula is C26H33N5O. The summed E-state index contributed by atoms with van der Waals surface area (Å²) in [6, 6.07) is 15.8. The van der Waals surface area contributed by atoms with E-state index in [1.807, 2.05) is 23.0 Å². The average Bonchev–Trinajstić information content (AvgIpc) is 3.37. The third-order valence-corrected chi connectivity index (χ3v) is 6.92. The third-order valence-electron chi connectivity index (χ3n) is 6.92. The van der Waals surface area contributed by atoms with Crippen LogP contribution in [0.4, 0.5) is 0 Å². The smallest absolute Gasteiger partial charge is 0.317 e. The summed E-state index contributed by atoms with van der Waals surface area (Å²) >= 11 is 0. The molecule has 0 bridgehead atoms. The van der Waals surface area contributed by atoms with Gasteiger partial charge in [-0.25, -0.2) is 10.2 Å². The van der Waals surface area contributed by atoms with Crippen molar-refractivity contribution in [1.82, 2.24) is 24.9 Å². The highest BCUT2D eigenvalue weighted by atomic mass is 16.1. The van der Waals surface area contributed by atoms with Crippen molar-refractivity contribution in [1.29, 1.82) is 0 Å². The number of aromatic nitrogens is 2. The molecule has 0 aliphatic carbocycles. The second kappa shape index (κ2) is 8.60. The van der Waals surface area contributed by atoms with Crippen molar-refractivity contribution in [2.24, 2.45) is 0 Å². The van der Waals surface area contributed by atoms with E-state index >= 15 is 0 Å². The maximum atomic E-state index is 12.9. The fourth-order valence-corrected chi connectivity index (χ4v) is 5.31. The maximum Gasteiger partial charge on any atom is 0.329 e. The summed E-state index contributed by atoms with van der Waals surface area (Å²) in [6.45, 7) is 10.5. The van der Waals surface area contributed by atoms with Gasteiger partial charge in [-0.2, -0.15) is 0 Å². The van der Waals surface area contributed by atoms with Crippen molar-refractivity contribution >= 4 is 22.3 Å². The van der Waals surface area contributed by atoms with Gasteiger partial charge in [0.05, 0.1) is 16.7 Å². The summed E-state index contributed by atoms with van der Waals surface area (Å²) in [4.78, 5) is 12.9. The van der Waals surface area contributed by atoms with Crippen molar-refractivity contribution in [3.8, 4) is 0 Å². The van der Waals surface area contributed by atoms with Crippen LogP contribution in [0.3, 0.4) is 0 Å². The molecule has 32 heavy (non-hydrogen) atoms. The first-order valence-corrected chi connectivity index (χ1v) is 11.9. The van der Waals surface area contributed by atoms with E-state index in [1.54, 1.807) is 0 Å². The first-order valence-electron chi connectivity index (χ1n) is 11.9. The lowest BCUT2D eigenvalue weighted by atomic mass is 9.97. The molecule has 0 amide bonds. The minimum absolute atomic E-state index is 0.0796. The van der Waals surface area contributed by atoms with Crippen molar-refractivity contribution in [3.63, 3.8) is 0 Å². The van der Waals surface area contributed by atoms with Crippen LogP contribution in [0, 0.1) is 6.92 Å². The van der Waals surface area contributed by atoms with E-state index in [0.29, 0.717) is 19.1 Å². The molecule has 2 aliphatic heterocycles. The van der Waals surface area contributed by atoms with Gasteiger partial charge in [0.2, 0.25) is 0 Å². The van der Waals surface area contributed by atoms with Gasteiger partial charge >= 0.3 is 5.69 Å². The molecule has 3 heterocycles. The number of piperidine rings is 1. The van der Waals surface area contributed by atoms with Crippen molar-refractivity contribution in [2.45, 2.75) is 52.7 Å². The summed E-state index contributed by atoms with van der Waals surface area (Å²) in [5, 5.41) is 5.90. The van der Waals surface area contributed by atoms with Crippen molar-refractivity contribution in [2.75, 3.05) is 19.6 Å². The van der Waals surface area contributed by atoms with Crippen LogP contribution in [0.2, 0.25) is 0 Å². The fourth-order valence-electron chi connectivity index (χ4n) is 5.31. The minimum Gasteiger partial charge on any atom is -0.317 e. The van der Waals surface area contributed by atoms with Crippen LogP contribution in [0.5, 0.6) is 0 Å². The Bertz CT molecular complexity index is 1230. The van der Waals surface area contributed by atoms with Crippen molar-refractivity contribution in [3.05, 3.63) is 69.6 Å². The Morgan fingerprint density at radius 2 is 1.69 bits per heavy atom. The minimum atomic E-state index is 0.0796. The summed E-state index contributed by atoms with van der Waals surface area (Å²) in [7, 11) is 0. The van der Waals surface area contributed by atoms with Crippen LogP contribution >= 0.6 is 0 Å². The zero-order valence-corrected chi connectivity index (χ0v) is 19.3. The molecule has 6 heteroatoms. The van der Waals surface area contributed by atoms with E-state index in [0.717, 1.165) is 43.5 Å². The number of fused-ring (bicyclic) bond motifs is 1. The number of hydrogen-bond donors (Lipinski definition) is 2.